The molecule has 24 heavy (non-hydrogen) atoms. The Morgan fingerprint density at radius 3 is 2.08 bits per heavy atom. The third kappa shape index (κ3) is 4.36. The number of carbonyl (C=O) groups excluding carboxylic acids is 1. The summed E-state index contributed by atoms with van der Waals surface area (Å²) >= 11 is 0. The van der Waals surface area contributed by atoms with Gasteiger partial charge < -0.3 is 4.74 Å². The normalized spacial score (nSPS) is 17.4. The fourth-order valence-electron chi connectivity index (χ4n) is 2.83. The van der Waals surface area contributed by atoms with Crippen molar-refractivity contribution in [3.05, 3.63) is 29.8 Å². The lowest BCUT2D eigenvalue weighted by atomic mass is 9.98. The molecule has 1 aliphatic heterocycles. The van der Waals surface area contributed by atoms with Gasteiger partial charge in [-0.25, -0.2) is 8.42 Å². The van der Waals surface area contributed by atoms with Crippen molar-refractivity contribution in [2.45, 2.75) is 57.5 Å². The summed E-state index contributed by atoms with van der Waals surface area (Å²) in [4.78, 5) is 12.3. The fourth-order valence-corrected chi connectivity index (χ4v) is 4.30. The van der Waals surface area contributed by atoms with Crippen LogP contribution in [0.1, 0.15) is 52.0 Å². The van der Waals surface area contributed by atoms with Crippen molar-refractivity contribution in [2.24, 2.45) is 5.92 Å². The van der Waals surface area contributed by atoms with E-state index in [4.69, 9.17) is 4.74 Å². The van der Waals surface area contributed by atoms with Crippen molar-refractivity contribution in [2.75, 3.05) is 13.1 Å². The maximum Gasteiger partial charge on any atom is 0.309 e. The third-order valence-electron chi connectivity index (χ3n) is 4.32. The molecule has 1 saturated heterocycles. The average molecular weight is 353 g/mol. The molecule has 0 spiro atoms. The van der Waals surface area contributed by atoms with E-state index >= 15 is 0 Å². The average Bonchev–Trinajstić information content (AvgIpc) is 2.54. The third-order valence-corrected chi connectivity index (χ3v) is 6.24. The number of benzene rings is 1. The first-order chi connectivity index (χ1) is 11.2. The van der Waals surface area contributed by atoms with Crippen molar-refractivity contribution in [3.8, 4) is 0 Å². The van der Waals surface area contributed by atoms with Crippen molar-refractivity contribution < 1.29 is 17.9 Å². The highest BCUT2D eigenvalue weighted by Crippen LogP contribution is 2.26. The predicted octanol–water partition coefficient (Wildman–Crippen LogP) is 3.16. The summed E-state index contributed by atoms with van der Waals surface area (Å²) in [5, 5.41) is 0. The number of esters is 1. The molecule has 1 aliphatic rings. The molecule has 6 heteroatoms. The van der Waals surface area contributed by atoms with Gasteiger partial charge in [0.15, 0.2) is 0 Å². The molecular weight excluding hydrogens is 326 g/mol. The lowest BCUT2D eigenvalue weighted by molar-refractivity contribution is -0.153. The second-order valence-electron chi connectivity index (χ2n) is 6.89. The van der Waals surface area contributed by atoms with Gasteiger partial charge in [-0.2, -0.15) is 4.31 Å². The molecule has 0 aromatic heterocycles. The van der Waals surface area contributed by atoms with E-state index in [-0.39, 0.29) is 18.0 Å². The van der Waals surface area contributed by atoms with Crippen molar-refractivity contribution in [3.63, 3.8) is 0 Å². The summed E-state index contributed by atoms with van der Waals surface area (Å²) in [6, 6.07) is 7.07. The molecule has 1 heterocycles. The van der Waals surface area contributed by atoms with Crippen LogP contribution in [-0.4, -0.2) is 37.9 Å². The molecule has 1 aromatic carbocycles. The quantitative estimate of drug-likeness (QED) is 0.763. The van der Waals surface area contributed by atoms with Gasteiger partial charge in [0.25, 0.3) is 0 Å². The van der Waals surface area contributed by atoms with Crippen LogP contribution in [0.5, 0.6) is 0 Å². The van der Waals surface area contributed by atoms with E-state index < -0.39 is 10.0 Å². The van der Waals surface area contributed by atoms with E-state index in [0.29, 0.717) is 36.7 Å². The van der Waals surface area contributed by atoms with Gasteiger partial charge in [0, 0.05) is 13.1 Å². The Kier molecular flexibility index (Phi) is 6.04. The van der Waals surface area contributed by atoms with Crippen LogP contribution in [0, 0.1) is 5.92 Å². The smallest absolute Gasteiger partial charge is 0.309 e. The van der Waals surface area contributed by atoms with Crippen LogP contribution in [-0.2, 0) is 19.6 Å². The number of ether oxygens (including phenoxy) is 1. The number of carbonyl (C=O) groups is 1. The minimum Gasteiger partial charge on any atom is -0.463 e. The number of hydrogen-bond donors (Lipinski definition) is 0. The monoisotopic (exact) mass is 353 g/mol. The van der Waals surface area contributed by atoms with Gasteiger partial charge in [0.1, 0.15) is 0 Å². The van der Waals surface area contributed by atoms with Crippen LogP contribution in [0.25, 0.3) is 0 Å². The Balaban J connectivity index is 2.03. The molecule has 1 aromatic rings. The van der Waals surface area contributed by atoms with Gasteiger partial charge in [0.05, 0.1) is 16.9 Å². The summed E-state index contributed by atoms with van der Waals surface area (Å²) in [5.74, 6) is -0.0602. The molecule has 0 saturated carbocycles. The first kappa shape index (κ1) is 18.9. The molecule has 0 radical (unpaired) electrons. The van der Waals surface area contributed by atoms with E-state index in [0.717, 1.165) is 5.56 Å². The zero-order valence-corrected chi connectivity index (χ0v) is 15.7. The molecule has 0 N–H and O–H groups in total. The summed E-state index contributed by atoms with van der Waals surface area (Å²) < 4.78 is 32.2. The van der Waals surface area contributed by atoms with Crippen LogP contribution in [0.15, 0.2) is 29.2 Å². The number of sulfonamides is 1. The Hall–Kier alpha value is -1.40. The van der Waals surface area contributed by atoms with Crippen LogP contribution in [0.4, 0.5) is 0 Å². The summed E-state index contributed by atoms with van der Waals surface area (Å²) in [7, 11) is -3.50. The van der Waals surface area contributed by atoms with E-state index in [1.54, 1.807) is 12.1 Å². The molecule has 0 atom stereocenters. The zero-order valence-electron chi connectivity index (χ0n) is 14.9. The van der Waals surface area contributed by atoms with E-state index in [1.165, 1.54) is 4.31 Å². The number of piperidine rings is 1. The fraction of sp³-hybridized carbons (Fsp3) is 0.611. The maximum absolute atomic E-state index is 12.7. The number of nitrogens with zero attached hydrogens (tertiary/aromatic N) is 1. The van der Waals surface area contributed by atoms with Crippen LogP contribution in [0.2, 0.25) is 0 Å². The number of hydrogen-bond acceptors (Lipinski definition) is 4. The largest absolute Gasteiger partial charge is 0.463 e. The Morgan fingerprint density at radius 1 is 1.08 bits per heavy atom. The van der Waals surface area contributed by atoms with Gasteiger partial charge in [-0.3, -0.25) is 4.79 Å². The van der Waals surface area contributed by atoms with Gasteiger partial charge in [-0.1, -0.05) is 26.0 Å². The highest BCUT2D eigenvalue weighted by atomic mass is 32.2. The second kappa shape index (κ2) is 7.66. The highest BCUT2D eigenvalue weighted by molar-refractivity contribution is 7.89. The molecule has 0 amide bonds. The minimum absolute atomic E-state index is 0.140. The van der Waals surface area contributed by atoms with Gasteiger partial charge in [0.2, 0.25) is 10.0 Å². The van der Waals surface area contributed by atoms with Crippen LogP contribution >= 0.6 is 0 Å². The van der Waals surface area contributed by atoms with E-state index in [2.05, 4.69) is 13.8 Å². The molecule has 0 aliphatic carbocycles. The Labute approximate surface area is 145 Å². The first-order valence-electron chi connectivity index (χ1n) is 8.52. The van der Waals surface area contributed by atoms with Gasteiger partial charge >= 0.3 is 5.97 Å². The maximum atomic E-state index is 12.7. The van der Waals surface area contributed by atoms with Gasteiger partial charge in [-0.05, 0) is 50.3 Å². The molecule has 0 unspecified atom stereocenters. The molecular formula is C18H27NO4S. The minimum atomic E-state index is -3.50. The SMILES string of the molecule is CC(C)OC(=O)C1CCN(S(=O)(=O)c2ccc(C(C)C)cc2)CC1. The van der Waals surface area contributed by atoms with Crippen LogP contribution < -0.4 is 0 Å². The molecule has 134 valence electrons. The molecule has 1 fully saturated rings. The second-order valence-corrected chi connectivity index (χ2v) is 8.83. The zero-order chi connectivity index (χ0) is 17.9. The summed E-state index contributed by atoms with van der Waals surface area (Å²) in [5.41, 5.74) is 1.11. The predicted molar refractivity (Wildman–Crippen MR) is 93.2 cm³/mol. The van der Waals surface area contributed by atoms with Crippen molar-refractivity contribution >= 4 is 16.0 Å². The Morgan fingerprint density at radius 2 is 1.62 bits per heavy atom. The lowest BCUT2D eigenvalue weighted by Crippen LogP contribution is -2.40. The molecule has 0 bridgehead atoms. The summed E-state index contributed by atoms with van der Waals surface area (Å²) in [6.07, 6.45) is 0.878. The highest BCUT2D eigenvalue weighted by Gasteiger charge is 2.33. The van der Waals surface area contributed by atoms with E-state index in [9.17, 15) is 13.2 Å². The first-order valence-corrected chi connectivity index (χ1v) is 9.96. The topological polar surface area (TPSA) is 63.7 Å². The van der Waals surface area contributed by atoms with Crippen molar-refractivity contribution in [1.29, 1.82) is 0 Å². The molecule has 2 rings (SSSR count). The van der Waals surface area contributed by atoms with Crippen molar-refractivity contribution in [1.82, 2.24) is 4.31 Å². The lowest BCUT2D eigenvalue weighted by Gasteiger charge is -2.30. The Bertz CT molecular complexity index is 657. The molecule has 5 nitrogen and oxygen atoms in total. The van der Waals surface area contributed by atoms with E-state index in [1.807, 2.05) is 26.0 Å². The summed E-state index contributed by atoms with van der Waals surface area (Å²) in [6.45, 7) is 8.49. The number of rotatable bonds is 5. The van der Waals surface area contributed by atoms with Crippen LogP contribution in [0.3, 0.4) is 0 Å². The van der Waals surface area contributed by atoms with Gasteiger partial charge in [-0.15, -0.1) is 0 Å². The standard InChI is InChI=1S/C18H27NO4S/c1-13(2)15-5-7-17(8-6-15)24(21,22)19-11-9-16(10-12-19)18(20)23-14(3)4/h5-8,13-14,16H,9-12H2,1-4H3.